The number of nitriles is 1. The predicted molar refractivity (Wildman–Crippen MR) is 137 cm³/mol. The topological polar surface area (TPSA) is 111 Å². The number of halogens is 1. The molecule has 10 nitrogen and oxygen atoms in total. The molecule has 0 amide bonds. The average Bonchev–Trinajstić information content (AvgIpc) is 3.17. The Morgan fingerprint density at radius 3 is 2.68 bits per heavy atom. The number of nitrogens with zero attached hydrogens (tertiary/aromatic N) is 4. The minimum absolute atomic E-state index is 0.0597. The van der Waals surface area contributed by atoms with Crippen LogP contribution in [0.25, 0.3) is 0 Å². The number of hydrogen-bond donors (Lipinski definition) is 1. The van der Waals surface area contributed by atoms with E-state index in [0.29, 0.717) is 23.6 Å². The maximum atomic E-state index is 16.0. The lowest BCUT2D eigenvalue weighted by Gasteiger charge is -2.37. The summed E-state index contributed by atoms with van der Waals surface area (Å²) < 4.78 is 43.4. The first-order valence-electron chi connectivity index (χ1n) is 12.5. The van der Waals surface area contributed by atoms with E-state index in [9.17, 15) is 4.79 Å². The fourth-order valence-electron chi connectivity index (χ4n) is 4.47. The number of anilines is 2. The molecule has 200 valence electrons. The molecule has 0 aliphatic carbocycles. The molecule has 1 fully saturated rings. The van der Waals surface area contributed by atoms with Crippen molar-refractivity contribution in [3.63, 3.8) is 0 Å². The summed E-state index contributed by atoms with van der Waals surface area (Å²) in [5, 5.41) is 12.0. The molecule has 0 saturated carbocycles. The summed E-state index contributed by atoms with van der Waals surface area (Å²) in [5.41, 5.74) is 0.0140. The largest absolute Gasteiger partial charge is 0.450 e. The van der Waals surface area contributed by atoms with Gasteiger partial charge in [0.2, 0.25) is 0 Å². The summed E-state index contributed by atoms with van der Waals surface area (Å²) >= 11 is 0. The van der Waals surface area contributed by atoms with E-state index >= 15 is 4.39 Å². The fraction of sp³-hybridized carbons (Fsp3) is 0.560. The van der Waals surface area contributed by atoms with Gasteiger partial charge in [-0.25, -0.2) is 13.9 Å². The molecule has 12 heteroatoms. The Hall–Kier alpha value is -2.61. The SMILES string of the molecule is CC[C@H]1O[C@@H](n2cc3c(nc2=O)Nc2ccccc2O3)C(F)[C@H]1OP(OCCC#N)N(C(C)C)C(C)C. The maximum absolute atomic E-state index is 16.0. The van der Waals surface area contributed by atoms with Gasteiger partial charge in [-0.1, -0.05) is 19.1 Å². The Kier molecular flexibility index (Phi) is 8.78. The molecule has 1 aromatic heterocycles. The average molecular weight is 534 g/mol. The molecular formula is C25H33FN5O5P. The van der Waals surface area contributed by atoms with Gasteiger partial charge in [-0.15, -0.1) is 0 Å². The van der Waals surface area contributed by atoms with Gasteiger partial charge in [0.05, 0.1) is 37.1 Å². The van der Waals surface area contributed by atoms with E-state index in [1.165, 1.54) is 6.20 Å². The predicted octanol–water partition coefficient (Wildman–Crippen LogP) is 5.40. The second-order valence-electron chi connectivity index (χ2n) is 9.40. The van der Waals surface area contributed by atoms with Gasteiger partial charge in [0, 0.05) is 12.1 Å². The number of rotatable bonds is 10. The van der Waals surface area contributed by atoms with E-state index in [-0.39, 0.29) is 30.9 Å². The lowest BCUT2D eigenvalue weighted by Crippen LogP contribution is -2.38. The number of hydrogen-bond acceptors (Lipinski definition) is 9. The fourth-order valence-corrected chi connectivity index (χ4v) is 6.24. The zero-order valence-corrected chi connectivity index (χ0v) is 22.5. The molecule has 1 N–H and O–H groups in total. The van der Waals surface area contributed by atoms with Gasteiger partial charge in [0.15, 0.2) is 29.7 Å². The third-order valence-corrected chi connectivity index (χ3v) is 8.22. The van der Waals surface area contributed by atoms with Crippen molar-refractivity contribution in [1.29, 1.82) is 5.26 Å². The van der Waals surface area contributed by atoms with Crippen LogP contribution in [0.2, 0.25) is 0 Å². The molecule has 2 aromatic rings. The molecular weight excluding hydrogens is 500 g/mol. The number of aromatic nitrogens is 2. The van der Waals surface area contributed by atoms with Crippen molar-refractivity contribution in [3.8, 4) is 17.6 Å². The number of ether oxygens (including phenoxy) is 2. The monoisotopic (exact) mass is 533 g/mol. The van der Waals surface area contributed by atoms with Crippen molar-refractivity contribution in [2.24, 2.45) is 0 Å². The lowest BCUT2D eigenvalue weighted by atomic mass is 10.1. The van der Waals surface area contributed by atoms with Crippen LogP contribution in [0.3, 0.4) is 0 Å². The molecule has 0 spiro atoms. The number of fused-ring (bicyclic) bond motifs is 2. The van der Waals surface area contributed by atoms with Crippen LogP contribution in [0.1, 0.15) is 53.7 Å². The van der Waals surface area contributed by atoms with Crippen LogP contribution < -0.4 is 15.7 Å². The van der Waals surface area contributed by atoms with Gasteiger partial charge in [0.25, 0.3) is 8.53 Å². The van der Waals surface area contributed by atoms with Crippen molar-refractivity contribution in [2.45, 2.75) is 84.2 Å². The van der Waals surface area contributed by atoms with Gasteiger partial charge >= 0.3 is 5.69 Å². The number of nitrogens with one attached hydrogen (secondary N) is 1. The van der Waals surface area contributed by atoms with Crippen molar-refractivity contribution in [3.05, 3.63) is 40.9 Å². The van der Waals surface area contributed by atoms with Gasteiger partial charge in [0.1, 0.15) is 6.10 Å². The smallest absolute Gasteiger partial charge is 0.352 e. The van der Waals surface area contributed by atoms with Crippen LogP contribution in [0.15, 0.2) is 35.3 Å². The van der Waals surface area contributed by atoms with E-state index < -0.39 is 38.8 Å². The third-order valence-electron chi connectivity index (χ3n) is 6.10. The Balaban J connectivity index is 1.59. The van der Waals surface area contributed by atoms with Crippen LogP contribution >= 0.6 is 8.53 Å². The number of para-hydroxylation sites is 2. The van der Waals surface area contributed by atoms with Crippen molar-refractivity contribution < 1.29 is 22.9 Å². The highest BCUT2D eigenvalue weighted by Gasteiger charge is 2.49. The summed E-state index contributed by atoms with van der Waals surface area (Å²) in [7, 11) is -1.69. The van der Waals surface area contributed by atoms with Crippen LogP contribution in [-0.2, 0) is 13.8 Å². The van der Waals surface area contributed by atoms with Gasteiger partial charge in [-0.3, -0.25) is 4.57 Å². The van der Waals surface area contributed by atoms with Crippen molar-refractivity contribution in [1.82, 2.24) is 14.2 Å². The van der Waals surface area contributed by atoms with Crippen molar-refractivity contribution in [2.75, 3.05) is 11.9 Å². The zero-order chi connectivity index (χ0) is 26.7. The summed E-state index contributed by atoms with van der Waals surface area (Å²) in [6.07, 6.45) is -2.44. The Bertz CT molecular complexity index is 1180. The summed E-state index contributed by atoms with van der Waals surface area (Å²) in [6.45, 7) is 10.1. The highest BCUT2D eigenvalue weighted by atomic mass is 31.2. The van der Waals surface area contributed by atoms with Gasteiger partial charge in [-0.05, 0) is 46.2 Å². The standard InChI is InChI=1S/C25H33FN5O5P/c1-6-18-22(36-37(33-13-9-12-27)31(15(2)3)16(4)5)21(26)24(35-18)30-14-20-23(29-25(30)32)28-17-10-7-8-11-19(17)34-20/h7-8,10-11,14-16,18,21-22,24H,6,9,13H2,1-5H3,(H,28,29,32)/t18-,21?,22+,24-,37?/m1/s1. The van der Waals surface area contributed by atoms with Crippen LogP contribution in [0.4, 0.5) is 15.9 Å². The second-order valence-corrected chi connectivity index (χ2v) is 10.8. The Morgan fingerprint density at radius 1 is 1.27 bits per heavy atom. The molecule has 3 heterocycles. The number of benzene rings is 1. The Morgan fingerprint density at radius 2 is 2.00 bits per heavy atom. The Labute approximate surface area is 217 Å². The first-order chi connectivity index (χ1) is 17.7. The summed E-state index contributed by atoms with van der Waals surface area (Å²) in [5.74, 6) is 1.12. The van der Waals surface area contributed by atoms with Crippen molar-refractivity contribution >= 4 is 20.0 Å². The van der Waals surface area contributed by atoms with E-state index in [1.54, 1.807) is 6.07 Å². The van der Waals surface area contributed by atoms with Crippen LogP contribution in [-0.4, -0.2) is 51.3 Å². The molecule has 2 aliphatic rings. The molecule has 1 aromatic carbocycles. The maximum Gasteiger partial charge on any atom is 0.352 e. The highest BCUT2D eigenvalue weighted by Crippen LogP contribution is 2.51. The molecule has 0 bridgehead atoms. The molecule has 5 atom stereocenters. The minimum atomic E-state index is -1.69. The highest BCUT2D eigenvalue weighted by molar-refractivity contribution is 7.44. The molecule has 4 rings (SSSR count). The van der Waals surface area contributed by atoms with E-state index in [1.807, 2.05) is 57.5 Å². The molecule has 2 aliphatic heterocycles. The zero-order valence-electron chi connectivity index (χ0n) is 21.6. The lowest BCUT2D eigenvalue weighted by molar-refractivity contribution is -0.0275. The quantitative estimate of drug-likeness (QED) is 0.270. The second kappa shape index (κ2) is 11.8. The van der Waals surface area contributed by atoms with E-state index in [4.69, 9.17) is 23.8 Å². The summed E-state index contributed by atoms with van der Waals surface area (Å²) in [6, 6.07) is 9.44. The first kappa shape index (κ1) is 27.4. The minimum Gasteiger partial charge on any atom is -0.450 e. The van der Waals surface area contributed by atoms with Crippen LogP contribution in [0.5, 0.6) is 11.5 Å². The van der Waals surface area contributed by atoms with Gasteiger partial charge < -0.3 is 23.8 Å². The third kappa shape index (κ3) is 5.79. The van der Waals surface area contributed by atoms with Crippen LogP contribution in [0, 0.1) is 11.3 Å². The molecule has 37 heavy (non-hydrogen) atoms. The first-order valence-corrected chi connectivity index (χ1v) is 13.6. The van der Waals surface area contributed by atoms with Gasteiger partial charge in [-0.2, -0.15) is 10.2 Å². The van der Waals surface area contributed by atoms with E-state index in [0.717, 1.165) is 4.57 Å². The van der Waals surface area contributed by atoms with E-state index in [2.05, 4.69) is 16.4 Å². The summed E-state index contributed by atoms with van der Waals surface area (Å²) in [4.78, 5) is 17.0. The number of alkyl halides is 1. The molecule has 0 radical (unpaired) electrons. The molecule has 2 unspecified atom stereocenters. The normalized spacial score (nSPS) is 23.4. The molecule has 1 saturated heterocycles.